The van der Waals surface area contributed by atoms with Crippen molar-refractivity contribution in [3.63, 3.8) is 0 Å². The minimum atomic E-state index is -0.817. The lowest BCUT2D eigenvalue weighted by Gasteiger charge is -2.23. The van der Waals surface area contributed by atoms with Gasteiger partial charge in [-0.3, -0.25) is 0 Å². The Balaban J connectivity index is 2.72. The van der Waals surface area contributed by atoms with Gasteiger partial charge in [-0.15, -0.1) is 11.3 Å². The van der Waals surface area contributed by atoms with Crippen LogP contribution in [0.1, 0.15) is 52.5 Å². The van der Waals surface area contributed by atoms with E-state index in [1.807, 2.05) is 0 Å². The zero-order valence-corrected chi connectivity index (χ0v) is 16.3. The Morgan fingerprint density at radius 2 is 1.71 bits per heavy atom. The minimum absolute atomic E-state index is 0.0466. The third-order valence-electron chi connectivity index (χ3n) is 2.37. The van der Waals surface area contributed by atoms with E-state index >= 15 is 0 Å². The summed E-state index contributed by atoms with van der Waals surface area (Å²) in [6.45, 7) is 10.6. The summed E-state index contributed by atoms with van der Waals surface area (Å²) in [5.74, 6) is 0. The lowest BCUT2D eigenvalue weighted by Crippen LogP contribution is -2.36. The molecule has 0 aliphatic rings. The lowest BCUT2D eigenvalue weighted by atomic mass is 10.2. The van der Waals surface area contributed by atoms with E-state index in [0.29, 0.717) is 9.21 Å². The molecule has 0 saturated carbocycles. The first-order chi connectivity index (χ1) is 10.9. The van der Waals surface area contributed by atoms with Crippen LogP contribution in [0, 0.1) is 0 Å². The minimum Gasteiger partial charge on any atom is -0.444 e. The Labute approximate surface area is 151 Å². The number of amides is 1. The molecule has 0 spiro atoms. The SMILES string of the molecule is CC(C)(C)OC(=O)NC[C@H](OC(=O)OC(C)(C)C)c1ccc(Cl)s1. The van der Waals surface area contributed by atoms with E-state index in [1.54, 1.807) is 53.7 Å². The summed E-state index contributed by atoms with van der Waals surface area (Å²) >= 11 is 7.19. The van der Waals surface area contributed by atoms with Crippen molar-refractivity contribution < 1.29 is 23.8 Å². The maximum atomic E-state index is 11.9. The fourth-order valence-electron chi connectivity index (χ4n) is 1.58. The van der Waals surface area contributed by atoms with Crippen molar-refractivity contribution in [2.45, 2.75) is 58.8 Å². The summed E-state index contributed by atoms with van der Waals surface area (Å²) in [6.07, 6.45) is -2.13. The quantitative estimate of drug-likeness (QED) is 0.754. The van der Waals surface area contributed by atoms with Gasteiger partial charge in [0.2, 0.25) is 0 Å². The normalized spacial score (nSPS) is 13.1. The molecule has 0 aromatic carbocycles. The van der Waals surface area contributed by atoms with Crippen molar-refractivity contribution >= 4 is 35.2 Å². The smallest absolute Gasteiger partial charge is 0.444 e. The van der Waals surface area contributed by atoms with E-state index in [2.05, 4.69) is 5.32 Å². The first kappa shape index (κ1) is 20.6. The first-order valence-electron chi connectivity index (χ1n) is 7.47. The lowest BCUT2D eigenvalue weighted by molar-refractivity contribution is -0.0274. The molecule has 8 heteroatoms. The number of hydrogen-bond donors (Lipinski definition) is 1. The molecule has 1 aromatic heterocycles. The zero-order valence-electron chi connectivity index (χ0n) is 14.8. The van der Waals surface area contributed by atoms with Gasteiger partial charge in [-0.05, 0) is 53.7 Å². The Kier molecular flexibility index (Phi) is 6.92. The van der Waals surface area contributed by atoms with Crippen LogP contribution in [0.25, 0.3) is 0 Å². The van der Waals surface area contributed by atoms with E-state index in [-0.39, 0.29) is 6.54 Å². The van der Waals surface area contributed by atoms with Crippen molar-refractivity contribution in [2.75, 3.05) is 6.54 Å². The molecule has 0 aliphatic carbocycles. The second-order valence-electron chi connectivity index (χ2n) is 7.10. The van der Waals surface area contributed by atoms with Gasteiger partial charge in [0.1, 0.15) is 11.2 Å². The summed E-state index contributed by atoms with van der Waals surface area (Å²) in [5, 5.41) is 2.58. The number of carbonyl (C=O) groups excluding carboxylic acids is 2. The molecule has 0 bridgehead atoms. The molecule has 0 aliphatic heterocycles. The second-order valence-corrected chi connectivity index (χ2v) is 8.84. The standard InChI is InChI=1S/C16H24ClNO5S/c1-15(2,3)22-13(19)18-9-10(11-7-8-12(17)24-11)21-14(20)23-16(4,5)6/h7-8,10H,9H2,1-6H3,(H,18,19)/t10-/m0/s1. The summed E-state index contributed by atoms with van der Waals surface area (Å²) < 4.78 is 16.2. The zero-order chi connectivity index (χ0) is 18.5. The van der Waals surface area contributed by atoms with E-state index in [1.165, 1.54) is 11.3 Å². The van der Waals surface area contributed by atoms with Crippen LogP contribution in [0.5, 0.6) is 0 Å². The van der Waals surface area contributed by atoms with Crippen molar-refractivity contribution in [1.29, 1.82) is 0 Å². The molecule has 136 valence electrons. The molecule has 0 unspecified atom stereocenters. The molecule has 0 radical (unpaired) electrons. The molecule has 1 heterocycles. The molecule has 24 heavy (non-hydrogen) atoms. The van der Waals surface area contributed by atoms with Gasteiger partial charge in [0.15, 0.2) is 6.10 Å². The highest BCUT2D eigenvalue weighted by atomic mass is 35.5. The molecular weight excluding hydrogens is 354 g/mol. The van der Waals surface area contributed by atoms with Crippen molar-refractivity contribution in [2.24, 2.45) is 0 Å². The van der Waals surface area contributed by atoms with Crippen LogP contribution < -0.4 is 5.32 Å². The monoisotopic (exact) mass is 377 g/mol. The number of alkyl carbamates (subject to hydrolysis) is 1. The topological polar surface area (TPSA) is 73.9 Å². The molecule has 0 fully saturated rings. The van der Waals surface area contributed by atoms with Gasteiger partial charge in [-0.2, -0.15) is 0 Å². The fraction of sp³-hybridized carbons (Fsp3) is 0.625. The number of halogens is 1. The molecule has 6 nitrogen and oxygen atoms in total. The summed E-state index contributed by atoms with van der Waals surface area (Å²) in [4.78, 5) is 24.4. The Bertz CT molecular complexity index is 574. The summed E-state index contributed by atoms with van der Waals surface area (Å²) in [7, 11) is 0. The van der Waals surface area contributed by atoms with Gasteiger partial charge in [0, 0.05) is 4.88 Å². The highest BCUT2D eigenvalue weighted by Gasteiger charge is 2.25. The first-order valence-corrected chi connectivity index (χ1v) is 8.67. The van der Waals surface area contributed by atoms with Gasteiger partial charge >= 0.3 is 12.2 Å². The van der Waals surface area contributed by atoms with E-state index in [0.717, 1.165) is 0 Å². The third kappa shape index (κ3) is 8.40. The van der Waals surface area contributed by atoms with Gasteiger partial charge in [-0.1, -0.05) is 11.6 Å². The third-order valence-corrected chi connectivity index (χ3v) is 3.69. The van der Waals surface area contributed by atoms with Crippen LogP contribution in [0.2, 0.25) is 4.34 Å². The van der Waals surface area contributed by atoms with Crippen molar-refractivity contribution in [3.8, 4) is 0 Å². The number of ether oxygens (including phenoxy) is 3. The van der Waals surface area contributed by atoms with Gasteiger partial charge in [0.05, 0.1) is 10.9 Å². The highest BCUT2D eigenvalue weighted by molar-refractivity contribution is 7.16. The molecule has 1 rings (SSSR count). The van der Waals surface area contributed by atoms with Crippen LogP contribution in [0.3, 0.4) is 0 Å². The van der Waals surface area contributed by atoms with Crippen LogP contribution in [-0.2, 0) is 14.2 Å². The number of hydrogen-bond acceptors (Lipinski definition) is 6. The molecule has 1 N–H and O–H groups in total. The van der Waals surface area contributed by atoms with Gasteiger partial charge < -0.3 is 19.5 Å². The maximum absolute atomic E-state index is 11.9. The maximum Gasteiger partial charge on any atom is 0.509 e. The predicted octanol–water partition coefficient (Wildman–Crippen LogP) is 4.92. The number of rotatable bonds is 4. The van der Waals surface area contributed by atoms with E-state index in [9.17, 15) is 9.59 Å². The van der Waals surface area contributed by atoms with Crippen molar-refractivity contribution in [3.05, 3.63) is 21.3 Å². The van der Waals surface area contributed by atoms with E-state index in [4.69, 9.17) is 25.8 Å². The Morgan fingerprint density at radius 3 is 2.17 bits per heavy atom. The summed E-state index contributed by atoms with van der Waals surface area (Å²) in [5.41, 5.74) is -1.29. The fourth-order valence-corrected chi connectivity index (χ4v) is 2.67. The average Bonchev–Trinajstić information content (AvgIpc) is 2.76. The van der Waals surface area contributed by atoms with E-state index < -0.39 is 29.6 Å². The van der Waals surface area contributed by atoms with Crippen LogP contribution >= 0.6 is 22.9 Å². The highest BCUT2D eigenvalue weighted by Crippen LogP contribution is 2.29. The molecule has 1 amide bonds. The number of carbonyl (C=O) groups is 2. The number of nitrogens with one attached hydrogen (secondary N) is 1. The molecular formula is C16H24ClNO5S. The van der Waals surface area contributed by atoms with Crippen LogP contribution in [0.4, 0.5) is 9.59 Å². The molecule has 0 saturated heterocycles. The van der Waals surface area contributed by atoms with Crippen LogP contribution in [-0.4, -0.2) is 30.0 Å². The molecule has 1 atom stereocenters. The Hall–Kier alpha value is -1.47. The Morgan fingerprint density at radius 1 is 1.12 bits per heavy atom. The predicted molar refractivity (Wildman–Crippen MR) is 93.6 cm³/mol. The summed E-state index contributed by atoms with van der Waals surface area (Å²) in [6, 6.07) is 3.43. The van der Waals surface area contributed by atoms with Gasteiger partial charge in [-0.25, -0.2) is 9.59 Å². The number of thiophene rings is 1. The molecule has 1 aromatic rings. The largest absolute Gasteiger partial charge is 0.509 e. The average molecular weight is 378 g/mol. The van der Waals surface area contributed by atoms with Crippen molar-refractivity contribution in [1.82, 2.24) is 5.32 Å². The second kappa shape index (κ2) is 8.07. The van der Waals surface area contributed by atoms with Crippen LogP contribution in [0.15, 0.2) is 12.1 Å². The van der Waals surface area contributed by atoms with Gasteiger partial charge in [0.25, 0.3) is 0 Å².